The van der Waals surface area contributed by atoms with Gasteiger partial charge in [-0.05, 0) is 60.2 Å². The molecule has 0 aliphatic rings. The number of anilines is 1. The molecular formula is C22H18FN7OS. The third-order valence-corrected chi connectivity index (χ3v) is 5.84. The lowest BCUT2D eigenvalue weighted by atomic mass is 10.2. The molecule has 1 N–H and O–H groups in total. The fourth-order valence-electron chi connectivity index (χ4n) is 3.30. The van der Waals surface area contributed by atoms with Crippen molar-refractivity contribution in [2.45, 2.75) is 19.0 Å². The largest absolute Gasteiger partial charge is 0.310 e. The van der Waals surface area contributed by atoms with Crippen LogP contribution >= 0.6 is 11.8 Å². The second kappa shape index (κ2) is 9.03. The summed E-state index contributed by atoms with van der Waals surface area (Å²) in [6.45, 7) is 3.76. The number of nitriles is 1. The highest BCUT2D eigenvalue weighted by molar-refractivity contribution is 7.99. The Hall–Kier alpha value is -3.97. The number of nitrogens with one attached hydrogen (secondary N) is 1. The van der Waals surface area contributed by atoms with Crippen LogP contribution < -0.4 is 5.32 Å². The number of benzene rings is 2. The second-order valence-corrected chi connectivity index (χ2v) is 7.85. The van der Waals surface area contributed by atoms with Crippen molar-refractivity contribution in [3.63, 3.8) is 0 Å². The zero-order valence-electron chi connectivity index (χ0n) is 17.3. The summed E-state index contributed by atoms with van der Waals surface area (Å²) in [5, 5.41) is 24.3. The molecule has 0 aliphatic heterocycles. The van der Waals surface area contributed by atoms with Gasteiger partial charge in [-0.25, -0.2) is 4.39 Å². The van der Waals surface area contributed by atoms with Gasteiger partial charge in [0.25, 0.3) is 0 Å². The number of halogens is 1. The first kappa shape index (κ1) is 21.3. The number of hydrogen-bond donors (Lipinski definition) is 1. The number of hydrogen-bond acceptors (Lipinski definition) is 6. The van der Waals surface area contributed by atoms with Gasteiger partial charge < -0.3 is 5.32 Å². The third kappa shape index (κ3) is 4.10. The van der Waals surface area contributed by atoms with E-state index in [1.165, 1.54) is 16.8 Å². The number of rotatable bonds is 6. The average Bonchev–Trinajstić information content (AvgIpc) is 3.35. The van der Waals surface area contributed by atoms with Crippen molar-refractivity contribution in [3.05, 3.63) is 77.2 Å². The summed E-state index contributed by atoms with van der Waals surface area (Å²) in [5.74, 6) is -0.319. The first-order chi connectivity index (χ1) is 15.5. The molecule has 0 aliphatic carbocycles. The Morgan fingerprint density at radius 2 is 1.91 bits per heavy atom. The Kier molecular flexibility index (Phi) is 6.00. The third-order valence-electron chi connectivity index (χ3n) is 4.92. The Labute approximate surface area is 187 Å². The van der Waals surface area contributed by atoms with Crippen LogP contribution in [0.1, 0.15) is 16.8 Å². The molecule has 0 atom stereocenters. The van der Waals surface area contributed by atoms with Crippen molar-refractivity contribution >= 4 is 23.5 Å². The van der Waals surface area contributed by atoms with Crippen molar-refractivity contribution < 1.29 is 9.18 Å². The van der Waals surface area contributed by atoms with E-state index in [-0.39, 0.29) is 11.7 Å². The lowest BCUT2D eigenvalue weighted by Crippen LogP contribution is -2.18. The van der Waals surface area contributed by atoms with Crippen LogP contribution in [0.15, 0.2) is 59.8 Å². The molecule has 160 valence electrons. The van der Waals surface area contributed by atoms with E-state index in [4.69, 9.17) is 0 Å². The molecule has 0 saturated carbocycles. The second-order valence-electron chi connectivity index (χ2n) is 6.91. The summed E-state index contributed by atoms with van der Waals surface area (Å²) in [6.07, 6.45) is 0. The molecule has 0 spiro atoms. The lowest BCUT2D eigenvalue weighted by molar-refractivity contribution is -0.113. The van der Waals surface area contributed by atoms with Crippen LogP contribution in [-0.4, -0.2) is 36.4 Å². The van der Waals surface area contributed by atoms with E-state index in [1.54, 1.807) is 12.1 Å². The van der Waals surface area contributed by atoms with Crippen molar-refractivity contribution in [1.29, 1.82) is 5.26 Å². The van der Waals surface area contributed by atoms with Crippen LogP contribution in [0.2, 0.25) is 0 Å². The van der Waals surface area contributed by atoms with Crippen LogP contribution in [0, 0.1) is 31.0 Å². The predicted molar refractivity (Wildman–Crippen MR) is 118 cm³/mol. The average molecular weight is 447 g/mol. The molecular weight excluding hydrogens is 429 g/mol. The van der Waals surface area contributed by atoms with E-state index in [0.717, 1.165) is 28.7 Å². The van der Waals surface area contributed by atoms with Gasteiger partial charge >= 0.3 is 0 Å². The summed E-state index contributed by atoms with van der Waals surface area (Å²) in [5.41, 5.74) is 3.37. The monoisotopic (exact) mass is 447 g/mol. The SMILES string of the molecule is Cc1c(C#N)c(NC(=O)CSc2nnnn2-c2cccc(F)c2)n(-c2ccccc2)c1C. The van der Waals surface area contributed by atoms with E-state index in [0.29, 0.717) is 22.2 Å². The molecule has 0 saturated heterocycles. The quantitative estimate of drug-likeness (QED) is 0.451. The molecule has 0 unspecified atom stereocenters. The Morgan fingerprint density at radius 3 is 2.62 bits per heavy atom. The van der Waals surface area contributed by atoms with E-state index in [2.05, 4.69) is 26.9 Å². The lowest BCUT2D eigenvalue weighted by Gasteiger charge is -2.13. The summed E-state index contributed by atoms with van der Waals surface area (Å²) in [7, 11) is 0. The highest BCUT2D eigenvalue weighted by Crippen LogP contribution is 2.30. The van der Waals surface area contributed by atoms with Gasteiger partial charge in [-0.2, -0.15) is 9.94 Å². The smallest absolute Gasteiger partial charge is 0.236 e. The number of carbonyl (C=O) groups excluding carboxylic acids is 1. The molecule has 2 aromatic carbocycles. The minimum Gasteiger partial charge on any atom is -0.310 e. The van der Waals surface area contributed by atoms with Crippen molar-refractivity contribution in [1.82, 2.24) is 24.8 Å². The molecule has 8 nitrogen and oxygen atoms in total. The number of tetrazole rings is 1. The maximum Gasteiger partial charge on any atom is 0.236 e. The molecule has 2 heterocycles. The summed E-state index contributed by atoms with van der Waals surface area (Å²) >= 11 is 1.11. The van der Waals surface area contributed by atoms with Gasteiger partial charge in [-0.3, -0.25) is 9.36 Å². The molecule has 0 fully saturated rings. The molecule has 10 heteroatoms. The van der Waals surface area contributed by atoms with E-state index < -0.39 is 5.82 Å². The van der Waals surface area contributed by atoms with Gasteiger partial charge in [0.1, 0.15) is 17.7 Å². The van der Waals surface area contributed by atoms with E-state index in [1.807, 2.05) is 48.7 Å². The topological polar surface area (TPSA) is 101 Å². The molecule has 4 aromatic rings. The number of para-hydroxylation sites is 1. The number of amides is 1. The Balaban J connectivity index is 1.56. The minimum absolute atomic E-state index is 0.00137. The van der Waals surface area contributed by atoms with Crippen molar-refractivity contribution in [2.75, 3.05) is 11.1 Å². The fraction of sp³-hybridized carbons (Fsp3) is 0.136. The fourth-order valence-corrected chi connectivity index (χ4v) is 3.99. The number of carbonyl (C=O) groups is 1. The van der Waals surface area contributed by atoms with Crippen LogP contribution in [0.5, 0.6) is 0 Å². The van der Waals surface area contributed by atoms with Crippen LogP contribution in [0.4, 0.5) is 10.2 Å². The molecule has 1 amide bonds. The van der Waals surface area contributed by atoms with Gasteiger partial charge in [-0.15, -0.1) is 5.10 Å². The van der Waals surface area contributed by atoms with Gasteiger partial charge in [-0.1, -0.05) is 36.0 Å². The standard InChI is InChI=1S/C22H18FN7OS/c1-14-15(2)29(17-8-4-3-5-9-17)21(19(14)12-24)25-20(31)13-32-22-26-27-28-30(22)18-10-6-7-16(23)11-18/h3-11H,13H2,1-2H3,(H,25,31). The Bertz CT molecular complexity index is 1320. The highest BCUT2D eigenvalue weighted by Gasteiger charge is 2.21. The maximum absolute atomic E-state index is 13.5. The minimum atomic E-state index is -0.414. The molecule has 32 heavy (non-hydrogen) atoms. The molecule has 4 rings (SSSR count). The van der Waals surface area contributed by atoms with Gasteiger partial charge in [0.05, 0.1) is 17.0 Å². The number of thioether (sulfide) groups is 1. The molecule has 0 bridgehead atoms. The summed E-state index contributed by atoms with van der Waals surface area (Å²) in [6, 6.07) is 17.5. The van der Waals surface area contributed by atoms with Crippen LogP contribution in [-0.2, 0) is 4.79 Å². The first-order valence-electron chi connectivity index (χ1n) is 9.64. The number of nitrogens with zero attached hydrogens (tertiary/aromatic N) is 6. The zero-order chi connectivity index (χ0) is 22.7. The van der Waals surface area contributed by atoms with Crippen molar-refractivity contribution in [2.24, 2.45) is 0 Å². The molecule has 0 radical (unpaired) electrons. The van der Waals surface area contributed by atoms with Crippen molar-refractivity contribution in [3.8, 4) is 17.4 Å². The number of aromatic nitrogens is 5. The predicted octanol–water partition coefficient (Wildman–Crippen LogP) is 3.81. The summed E-state index contributed by atoms with van der Waals surface area (Å²) in [4.78, 5) is 12.8. The van der Waals surface area contributed by atoms with E-state index in [9.17, 15) is 14.4 Å². The van der Waals surface area contributed by atoms with E-state index >= 15 is 0 Å². The summed E-state index contributed by atoms with van der Waals surface area (Å²) < 4.78 is 16.8. The van der Waals surface area contributed by atoms with Gasteiger partial charge in [0, 0.05) is 11.4 Å². The van der Waals surface area contributed by atoms with Crippen LogP contribution in [0.25, 0.3) is 11.4 Å². The van der Waals surface area contributed by atoms with Gasteiger partial charge in [0.2, 0.25) is 11.1 Å². The normalized spacial score (nSPS) is 10.7. The first-order valence-corrected chi connectivity index (χ1v) is 10.6. The maximum atomic E-state index is 13.5. The highest BCUT2D eigenvalue weighted by atomic mass is 32.2. The zero-order valence-corrected chi connectivity index (χ0v) is 18.1. The molecule has 2 aromatic heterocycles. The van der Waals surface area contributed by atoms with Gasteiger partial charge in [0.15, 0.2) is 0 Å². The van der Waals surface area contributed by atoms with Crippen LogP contribution in [0.3, 0.4) is 0 Å². The Morgan fingerprint density at radius 1 is 1.16 bits per heavy atom.